The van der Waals surface area contributed by atoms with Gasteiger partial charge >= 0.3 is 0 Å². The Labute approximate surface area is 200 Å². The van der Waals surface area contributed by atoms with Crippen molar-refractivity contribution in [3.63, 3.8) is 0 Å². The normalized spacial score (nSPS) is 16.0. The first-order valence-electron chi connectivity index (χ1n) is 9.96. The lowest BCUT2D eigenvalue weighted by Gasteiger charge is -2.24. The third-order valence-corrected chi connectivity index (χ3v) is 7.43. The third-order valence-electron chi connectivity index (χ3n) is 5.34. The van der Waals surface area contributed by atoms with Gasteiger partial charge in [-0.2, -0.15) is 0 Å². The largest absolute Gasteiger partial charge is 0.503 e. The van der Waals surface area contributed by atoms with Crippen LogP contribution >= 0.6 is 22.7 Å². The highest BCUT2D eigenvalue weighted by molar-refractivity contribution is 7.22. The van der Waals surface area contributed by atoms with E-state index < -0.39 is 28.4 Å². The Morgan fingerprint density at radius 1 is 1.21 bits per heavy atom. The van der Waals surface area contributed by atoms with E-state index in [-0.39, 0.29) is 16.4 Å². The number of benzene rings is 1. The number of amides is 1. The summed E-state index contributed by atoms with van der Waals surface area (Å²) in [7, 11) is 0. The second kappa shape index (κ2) is 8.08. The molecule has 4 aromatic rings. The third kappa shape index (κ3) is 3.43. The van der Waals surface area contributed by atoms with Crippen LogP contribution in [-0.2, 0) is 4.79 Å². The molecule has 1 amide bonds. The van der Waals surface area contributed by atoms with Gasteiger partial charge in [0, 0.05) is 24.5 Å². The molecule has 0 radical (unpaired) electrons. The summed E-state index contributed by atoms with van der Waals surface area (Å²) in [5.41, 5.74) is 1.28. The Hall–Kier alpha value is -4.03. The quantitative estimate of drug-likeness (QED) is 0.244. The Balaban J connectivity index is 1.67. The molecule has 0 fully saturated rings. The van der Waals surface area contributed by atoms with Crippen molar-refractivity contribution in [3.8, 4) is 0 Å². The Kier molecular flexibility index (Phi) is 5.18. The maximum absolute atomic E-state index is 13.6. The van der Waals surface area contributed by atoms with Crippen molar-refractivity contribution in [1.82, 2.24) is 15.0 Å². The number of rotatable bonds is 5. The molecule has 1 N–H and O–H groups in total. The summed E-state index contributed by atoms with van der Waals surface area (Å²) in [6, 6.07) is 6.59. The monoisotopic (exact) mass is 493 g/mol. The molecule has 1 aliphatic rings. The van der Waals surface area contributed by atoms with Crippen LogP contribution in [0, 0.1) is 24.0 Å². The van der Waals surface area contributed by atoms with Gasteiger partial charge in [-0.3, -0.25) is 29.6 Å². The van der Waals surface area contributed by atoms with E-state index in [1.165, 1.54) is 40.6 Å². The van der Waals surface area contributed by atoms with Crippen LogP contribution in [0.3, 0.4) is 0 Å². The van der Waals surface area contributed by atoms with Gasteiger partial charge < -0.3 is 5.11 Å². The molecule has 0 saturated heterocycles. The number of fused-ring (bicyclic) bond motifs is 1. The molecule has 0 saturated carbocycles. The molecule has 1 atom stereocenters. The van der Waals surface area contributed by atoms with Crippen LogP contribution in [0.15, 0.2) is 54.1 Å². The van der Waals surface area contributed by atoms with E-state index in [0.29, 0.717) is 31.4 Å². The highest BCUT2D eigenvalue weighted by Crippen LogP contribution is 2.44. The first kappa shape index (κ1) is 21.8. The Morgan fingerprint density at radius 2 is 2.00 bits per heavy atom. The van der Waals surface area contributed by atoms with Crippen LogP contribution in [0.4, 0.5) is 10.8 Å². The SMILES string of the molecule is Cc1nc(C)c(C(=O)C2=C(O)C(=O)N(c3nc4ccc([N+](=O)[O-])cc4s3)C2c2cccnc2)s1. The number of carbonyl (C=O) groups is 2. The number of carbonyl (C=O) groups excluding carboxylic acids is 2. The van der Waals surface area contributed by atoms with Gasteiger partial charge in [-0.15, -0.1) is 11.3 Å². The zero-order chi connectivity index (χ0) is 24.1. The maximum atomic E-state index is 13.6. The Morgan fingerprint density at radius 3 is 2.65 bits per heavy atom. The molecule has 5 rings (SSSR count). The first-order valence-corrected chi connectivity index (χ1v) is 11.6. The van der Waals surface area contributed by atoms with Gasteiger partial charge in [-0.05, 0) is 31.5 Å². The molecule has 34 heavy (non-hydrogen) atoms. The van der Waals surface area contributed by atoms with Crippen LogP contribution in [-0.4, -0.2) is 36.7 Å². The number of non-ortho nitro benzene ring substituents is 1. The zero-order valence-corrected chi connectivity index (χ0v) is 19.4. The summed E-state index contributed by atoms with van der Waals surface area (Å²) in [6.07, 6.45) is 3.07. The number of hydrogen-bond acceptors (Lipinski definition) is 10. The number of aliphatic hydroxyl groups excluding tert-OH is 1. The van der Waals surface area contributed by atoms with Gasteiger partial charge in [-0.25, -0.2) is 9.97 Å². The van der Waals surface area contributed by atoms with E-state index in [0.717, 1.165) is 11.3 Å². The second-order valence-corrected chi connectivity index (χ2v) is 9.72. The van der Waals surface area contributed by atoms with Gasteiger partial charge in [0.2, 0.25) is 5.78 Å². The molecular weight excluding hydrogens is 478 g/mol. The molecule has 0 aliphatic carbocycles. The number of ketones is 1. The van der Waals surface area contributed by atoms with Crippen molar-refractivity contribution in [1.29, 1.82) is 0 Å². The Bertz CT molecular complexity index is 1530. The van der Waals surface area contributed by atoms with Crippen LogP contribution in [0.5, 0.6) is 0 Å². The zero-order valence-electron chi connectivity index (χ0n) is 17.8. The minimum Gasteiger partial charge on any atom is -0.503 e. The van der Waals surface area contributed by atoms with Crippen LogP contribution in [0.1, 0.15) is 32.0 Å². The lowest BCUT2D eigenvalue weighted by Crippen LogP contribution is -2.31. The number of nitro groups is 1. The number of hydrogen-bond donors (Lipinski definition) is 1. The van der Waals surface area contributed by atoms with Gasteiger partial charge in [0.25, 0.3) is 11.6 Å². The summed E-state index contributed by atoms with van der Waals surface area (Å²) in [5, 5.41) is 22.9. The fourth-order valence-corrected chi connectivity index (χ4v) is 5.77. The van der Waals surface area contributed by atoms with E-state index >= 15 is 0 Å². The first-order chi connectivity index (χ1) is 16.3. The predicted molar refractivity (Wildman–Crippen MR) is 126 cm³/mol. The summed E-state index contributed by atoms with van der Waals surface area (Å²) < 4.78 is 0.495. The van der Waals surface area contributed by atoms with Crippen LogP contribution in [0.25, 0.3) is 10.2 Å². The summed E-state index contributed by atoms with van der Waals surface area (Å²) in [4.78, 5) is 51.9. The van der Waals surface area contributed by atoms with Crippen molar-refractivity contribution in [2.45, 2.75) is 19.9 Å². The molecule has 3 aromatic heterocycles. The van der Waals surface area contributed by atoms with Crippen molar-refractivity contribution in [2.24, 2.45) is 0 Å². The topological polar surface area (TPSA) is 139 Å². The fraction of sp³-hybridized carbons (Fsp3) is 0.136. The molecular formula is C22H15N5O5S2. The summed E-state index contributed by atoms with van der Waals surface area (Å²) in [5.74, 6) is -1.96. The smallest absolute Gasteiger partial charge is 0.296 e. The second-order valence-electron chi connectivity index (χ2n) is 7.51. The molecule has 4 heterocycles. The molecule has 170 valence electrons. The van der Waals surface area contributed by atoms with Crippen LogP contribution in [0.2, 0.25) is 0 Å². The van der Waals surface area contributed by atoms with E-state index in [1.54, 1.807) is 32.2 Å². The minimum absolute atomic E-state index is 0.0880. The lowest BCUT2D eigenvalue weighted by molar-refractivity contribution is -0.384. The molecule has 0 spiro atoms. The highest BCUT2D eigenvalue weighted by atomic mass is 32.1. The number of anilines is 1. The molecule has 10 nitrogen and oxygen atoms in total. The number of aromatic nitrogens is 3. The molecule has 0 bridgehead atoms. The number of Topliss-reactive ketones (excluding diaryl/α,β-unsaturated/α-hetero) is 1. The minimum atomic E-state index is -0.981. The van der Waals surface area contributed by atoms with E-state index in [9.17, 15) is 24.8 Å². The average molecular weight is 494 g/mol. The highest BCUT2D eigenvalue weighted by Gasteiger charge is 2.46. The van der Waals surface area contributed by atoms with Gasteiger partial charge in [0.05, 0.1) is 42.3 Å². The molecule has 1 aliphatic heterocycles. The average Bonchev–Trinajstić information content (AvgIpc) is 3.46. The van der Waals surface area contributed by atoms with Gasteiger partial charge in [0.15, 0.2) is 10.9 Å². The van der Waals surface area contributed by atoms with E-state index in [2.05, 4.69) is 15.0 Å². The summed E-state index contributed by atoms with van der Waals surface area (Å²) in [6.45, 7) is 3.47. The van der Waals surface area contributed by atoms with Crippen molar-refractivity contribution in [2.75, 3.05) is 4.90 Å². The number of aliphatic hydroxyl groups is 1. The molecule has 12 heteroatoms. The van der Waals surface area contributed by atoms with Gasteiger partial charge in [0.1, 0.15) is 0 Å². The van der Waals surface area contributed by atoms with E-state index in [1.807, 2.05) is 0 Å². The number of nitrogens with zero attached hydrogens (tertiary/aromatic N) is 5. The van der Waals surface area contributed by atoms with Crippen molar-refractivity contribution in [3.05, 3.63) is 85.3 Å². The summed E-state index contributed by atoms with van der Waals surface area (Å²) >= 11 is 2.24. The number of thiazole rings is 2. The van der Waals surface area contributed by atoms with Gasteiger partial charge in [-0.1, -0.05) is 17.4 Å². The molecule has 1 unspecified atom stereocenters. The number of pyridine rings is 1. The fourth-order valence-electron chi connectivity index (χ4n) is 3.87. The van der Waals surface area contributed by atoms with Crippen molar-refractivity contribution < 1.29 is 19.6 Å². The number of aryl methyl sites for hydroxylation is 2. The van der Waals surface area contributed by atoms with Crippen molar-refractivity contribution >= 4 is 55.4 Å². The predicted octanol–water partition coefficient (Wildman–Crippen LogP) is 4.46. The maximum Gasteiger partial charge on any atom is 0.296 e. The van der Waals surface area contributed by atoms with E-state index in [4.69, 9.17) is 0 Å². The standard InChI is InChI=1S/C22H15N5O5S2/c1-10-20(33-11(2)24-10)18(28)16-17(12-4-3-7-23-9-12)26(21(30)19(16)29)22-25-14-6-5-13(27(31)32)8-15(14)34-22/h3-9,17,29H,1-2H3. The lowest BCUT2D eigenvalue weighted by atomic mass is 9.96. The number of nitro benzene ring substituents is 1. The van der Waals surface area contributed by atoms with Crippen LogP contribution < -0.4 is 4.90 Å². The molecule has 1 aromatic carbocycles.